The molecule has 0 aliphatic heterocycles. The van der Waals surface area contributed by atoms with Crippen LogP contribution >= 0.6 is 33.9 Å². The summed E-state index contributed by atoms with van der Waals surface area (Å²) in [6.07, 6.45) is 1.07. The molecule has 0 unspecified atom stereocenters. The number of halogens is 1. The van der Waals surface area contributed by atoms with Crippen LogP contribution in [0.15, 0.2) is 17.5 Å². The Morgan fingerprint density at radius 3 is 2.29 bits per heavy atom. The van der Waals surface area contributed by atoms with Crippen molar-refractivity contribution in [2.24, 2.45) is 0 Å². The Balaban J connectivity index is 2.36. The molecule has 2 aromatic rings. The van der Waals surface area contributed by atoms with Gasteiger partial charge in [-0.05, 0) is 96.0 Å². The van der Waals surface area contributed by atoms with E-state index < -0.39 is 0 Å². The van der Waals surface area contributed by atoms with Crippen LogP contribution in [0.1, 0.15) is 32.7 Å². The van der Waals surface area contributed by atoms with Crippen LogP contribution in [-0.4, -0.2) is 0 Å². The summed E-state index contributed by atoms with van der Waals surface area (Å²) in [4.78, 5) is 1.44. The van der Waals surface area contributed by atoms with E-state index in [1.807, 2.05) is 11.3 Å². The number of aryl methyl sites for hydroxylation is 3. The molecule has 0 saturated heterocycles. The van der Waals surface area contributed by atoms with Crippen LogP contribution in [0.3, 0.4) is 0 Å². The minimum absolute atomic E-state index is 1.07. The van der Waals surface area contributed by atoms with Crippen molar-refractivity contribution in [2.45, 2.75) is 34.1 Å². The molecular formula is C15H17IS. The van der Waals surface area contributed by atoms with E-state index in [-0.39, 0.29) is 0 Å². The predicted molar refractivity (Wildman–Crippen MR) is 85.2 cm³/mol. The molecule has 0 saturated carbocycles. The molecule has 1 aromatic carbocycles. The minimum atomic E-state index is 1.07. The van der Waals surface area contributed by atoms with Crippen molar-refractivity contribution in [3.63, 3.8) is 0 Å². The summed E-state index contributed by atoms with van der Waals surface area (Å²) >= 11 is 4.27. The first-order valence-electron chi connectivity index (χ1n) is 5.78. The quantitative estimate of drug-likeness (QED) is 0.651. The largest absolute Gasteiger partial charge is 0.149 e. The Bertz CT molecular complexity index is 552. The minimum Gasteiger partial charge on any atom is -0.149 e. The molecule has 0 bridgehead atoms. The molecule has 0 aliphatic carbocycles. The molecule has 0 N–H and O–H groups in total. The van der Waals surface area contributed by atoms with Crippen molar-refractivity contribution in [1.29, 1.82) is 0 Å². The standard InChI is InChI=1S/C15H17IS/c1-9-6-15(16)10(2)5-13(9)7-14-8-17-12(4)11(14)3/h5-6,8H,7H2,1-4H3. The Hall–Kier alpha value is -0.350. The van der Waals surface area contributed by atoms with Crippen LogP contribution in [0.4, 0.5) is 0 Å². The van der Waals surface area contributed by atoms with E-state index in [0.717, 1.165) is 6.42 Å². The summed E-state index contributed by atoms with van der Waals surface area (Å²) in [6.45, 7) is 8.84. The molecule has 0 atom stereocenters. The number of hydrogen-bond donors (Lipinski definition) is 0. The lowest BCUT2D eigenvalue weighted by atomic mass is 9.98. The van der Waals surface area contributed by atoms with Gasteiger partial charge in [0.25, 0.3) is 0 Å². The zero-order valence-electron chi connectivity index (χ0n) is 10.7. The molecule has 90 valence electrons. The highest BCUT2D eigenvalue weighted by Crippen LogP contribution is 2.26. The highest BCUT2D eigenvalue weighted by atomic mass is 127. The van der Waals surface area contributed by atoms with Gasteiger partial charge >= 0.3 is 0 Å². The van der Waals surface area contributed by atoms with Gasteiger partial charge in [0.15, 0.2) is 0 Å². The topological polar surface area (TPSA) is 0 Å². The van der Waals surface area contributed by atoms with Crippen LogP contribution in [-0.2, 0) is 6.42 Å². The van der Waals surface area contributed by atoms with Crippen molar-refractivity contribution >= 4 is 33.9 Å². The number of hydrogen-bond acceptors (Lipinski definition) is 1. The lowest BCUT2D eigenvalue weighted by Gasteiger charge is -2.09. The monoisotopic (exact) mass is 356 g/mol. The fraction of sp³-hybridized carbons (Fsp3) is 0.333. The first-order chi connectivity index (χ1) is 7.99. The van der Waals surface area contributed by atoms with Crippen molar-refractivity contribution in [3.05, 3.63) is 53.8 Å². The van der Waals surface area contributed by atoms with Gasteiger partial charge in [-0.2, -0.15) is 0 Å². The molecule has 0 nitrogen and oxygen atoms in total. The van der Waals surface area contributed by atoms with Crippen LogP contribution in [0.2, 0.25) is 0 Å². The molecular weight excluding hydrogens is 339 g/mol. The Morgan fingerprint density at radius 2 is 1.71 bits per heavy atom. The summed E-state index contributed by atoms with van der Waals surface area (Å²) in [7, 11) is 0. The summed E-state index contributed by atoms with van der Waals surface area (Å²) in [5.41, 5.74) is 7.20. The van der Waals surface area contributed by atoms with Gasteiger partial charge in [0.2, 0.25) is 0 Å². The first-order valence-corrected chi connectivity index (χ1v) is 7.74. The molecule has 0 radical (unpaired) electrons. The molecule has 0 spiro atoms. The lowest BCUT2D eigenvalue weighted by Crippen LogP contribution is -1.95. The van der Waals surface area contributed by atoms with Crippen LogP contribution in [0, 0.1) is 31.3 Å². The third-order valence-corrected chi connectivity index (χ3v) is 5.61. The molecule has 0 amide bonds. The highest BCUT2D eigenvalue weighted by Gasteiger charge is 2.08. The molecule has 1 aromatic heterocycles. The predicted octanol–water partition coefficient (Wildman–Crippen LogP) is 5.18. The van der Waals surface area contributed by atoms with Crippen LogP contribution in [0.5, 0.6) is 0 Å². The van der Waals surface area contributed by atoms with E-state index in [1.165, 1.54) is 36.3 Å². The van der Waals surface area contributed by atoms with Crippen molar-refractivity contribution < 1.29 is 0 Å². The van der Waals surface area contributed by atoms with E-state index in [9.17, 15) is 0 Å². The third kappa shape index (κ3) is 2.74. The summed E-state index contributed by atoms with van der Waals surface area (Å²) in [5.74, 6) is 0. The van der Waals surface area contributed by atoms with Gasteiger partial charge in [-0.3, -0.25) is 0 Å². The zero-order chi connectivity index (χ0) is 12.6. The SMILES string of the molecule is Cc1cc(Cc2csc(C)c2C)c(C)cc1I. The maximum Gasteiger partial charge on any atom is 0.0162 e. The molecule has 0 fully saturated rings. The van der Waals surface area contributed by atoms with Gasteiger partial charge in [0.05, 0.1) is 0 Å². The first kappa shape index (κ1) is 13.1. The van der Waals surface area contributed by atoms with Gasteiger partial charge in [-0.15, -0.1) is 11.3 Å². The maximum absolute atomic E-state index is 2.41. The van der Waals surface area contributed by atoms with Gasteiger partial charge in [0.1, 0.15) is 0 Å². The number of thiophene rings is 1. The van der Waals surface area contributed by atoms with Crippen molar-refractivity contribution in [1.82, 2.24) is 0 Å². The number of rotatable bonds is 2. The molecule has 2 heteroatoms. The molecule has 0 aliphatic rings. The highest BCUT2D eigenvalue weighted by molar-refractivity contribution is 14.1. The molecule has 2 rings (SSSR count). The van der Waals surface area contributed by atoms with E-state index in [2.05, 4.69) is 67.8 Å². The fourth-order valence-electron chi connectivity index (χ4n) is 1.97. The van der Waals surface area contributed by atoms with Crippen molar-refractivity contribution in [2.75, 3.05) is 0 Å². The van der Waals surface area contributed by atoms with E-state index in [0.29, 0.717) is 0 Å². The van der Waals surface area contributed by atoms with Gasteiger partial charge < -0.3 is 0 Å². The fourth-order valence-corrected chi connectivity index (χ4v) is 3.48. The van der Waals surface area contributed by atoms with Crippen molar-refractivity contribution in [3.8, 4) is 0 Å². The second-order valence-corrected chi connectivity index (χ2v) is 6.89. The second-order valence-electron chi connectivity index (χ2n) is 4.65. The molecule has 17 heavy (non-hydrogen) atoms. The Labute approximate surface area is 121 Å². The van der Waals surface area contributed by atoms with Gasteiger partial charge in [0, 0.05) is 8.45 Å². The molecule has 1 heterocycles. The summed E-state index contributed by atoms with van der Waals surface area (Å²) in [6, 6.07) is 4.63. The number of benzene rings is 1. The lowest BCUT2D eigenvalue weighted by molar-refractivity contribution is 1.12. The maximum atomic E-state index is 2.41. The normalized spacial score (nSPS) is 10.9. The van der Waals surface area contributed by atoms with Crippen LogP contribution < -0.4 is 0 Å². The van der Waals surface area contributed by atoms with Crippen LogP contribution in [0.25, 0.3) is 0 Å². The smallest absolute Gasteiger partial charge is 0.0162 e. The second kappa shape index (κ2) is 5.11. The average molecular weight is 356 g/mol. The van der Waals surface area contributed by atoms with E-state index >= 15 is 0 Å². The average Bonchev–Trinajstić information content (AvgIpc) is 2.58. The summed E-state index contributed by atoms with van der Waals surface area (Å²) < 4.78 is 1.36. The summed E-state index contributed by atoms with van der Waals surface area (Å²) in [5, 5.41) is 2.30. The zero-order valence-corrected chi connectivity index (χ0v) is 13.7. The van der Waals surface area contributed by atoms with Gasteiger partial charge in [-0.1, -0.05) is 6.07 Å². The third-order valence-electron chi connectivity index (χ3n) is 3.39. The van der Waals surface area contributed by atoms with E-state index in [4.69, 9.17) is 0 Å². The Kier molecular flexibility index (Phi) is 3.93. The van der Waals surface area contributed by atoms with Gasteiger partial charge in [-0.25, -0.2) is 0 Å². The van der Waals surface area contributed by atoms with E-state index in [1.54, 1.807) is 0 Å². The Morgan fingerprint density at radius 1 is 1.00 bits per heavy atom.